The minimum Gasteiger partial charge on any atom is -0.351 e. The number of amides is 3. The Morgan fingerprint density at radius 3 is 2.21 bits per heavy atom. The molecule has 0 bridgehead atoms. The quantitative estimate of drug-likeness (QED) is 0.777. The van der Waals surface area contributed by atoms with Gasteiger partial charge in [0.1, 0.15) is 0 Å². The van der Waals surface area contributed by atoms with Crippen LogP contribution in [0.2, 0.25) is 10.0 Å². The van der Waals surface area contributed by atoms with Crippen LogP contribution < -0.4 is 5.32 Å². The van der Waals surface area contributed by atoms with Gasteiger partial charge >= 0.3 is 0 Å². The first-order valence-corrected chi connectivity index (χ1v) is 10.5. The number of nitrogens with zero attached hydrogens (tertiary/aromatic N) is 2. The zero-order valence-corrected chi connectivity index (χ0v) is 17.3. The first-order valence-electron chi connectivity index (χ1n) is 8.77. The van der Waals surface area contributed by atoms with Gasteiger partial charge < -0.3 is 15.1 Å². The Kier molecular flexibility index (Phi) is 6.93. The number of carbonyl (C=O) groups excluding carboxylic acids is 3. The molecule has 1 fully saturated rings. The summed E-state index contributed by atoms with van der Waals surface area (Å²) in [6.07, 6.45) is 0.230. The van der Waals surface area contributed by atoms with Crippen molar-refractivity contribution in [3.8, 4) is 0 Å². The van der Waals surface area contributed by atoms with Crippen LogP contribution in [-0.4, -0.2) is 60.2 Å². The molecule has 0 atom stereocenters. The van der Waals surface area contributed by atoms with Crippen LogP contribution in [0.3, 0.4) is 0 Å². The largest absolute Gasteiger partial charge is 0.351 e. The minimum atomic E-state index is -0.176. The lowest BCUT2D eigenvalue weighted by atomic mass is 10.1. The molecule has 1 N–H and O–H groups in total. The maximum atomic E-state index is 12.6. The first kappa shape index (κ1) is 20.6. The van der Waals surface area contributed by atoms with E-state index in [1.807, 2.05) is 5.38 Å². The first-order chi connectivity index (χ1) is 13.4. The molecule has 1 aliphatic rings. The van der Waals surface area contributed by atoms with Gasteiger partial charge in [0.05, 0.1) is 0 Å². The molecule has 1 aromatic carbocycles. The number of rotatable bonds is 5. The van der Waals surface area contributed by atoms with Crippen molar-refractivity contribution < 1.29 is 14.4 Å². The summed E-state index contributed by atoms with van der Waals surface area (Å²) in [5.74, 6) is -0.368. The second-order valence-corrected chi connectivity index (χ2v) is 8.00. The van der Waals surface area contributed by atoms with Gasteiger partial charge in [0, 0.05) is 65.7 Å². The fourth-order valence-electron chi connectivity index (χ4n) is 2.96. The molecule has 0 radical (unpaired) electrons. The molecule has 148 valence electrons. The van der Waals surface area contributed by atoms with E-state index in [0.29, 0.717) is 47.4 Å². The summed E-state index contributed by atoms with van der Waals surface area (Å²) in [6, 6.07) is 6.49. The molecule has 3 rings (SSSR count). The van der Waals surface area contributed by atoms with Gasteiger partial charge in [0.15, 0.2) is 0 Å². The van der Waals surface area contributed by atoms with Crippen LogP contribution in [0.15, 0.2) is 35.0 Å². The Morgan fingerprint density at radius 2 is 1.61 bits per heavy atom. The molecule has 2 heterocycles. The lowest BCUT2D eigenvalue weighted by Crippen LogP contribution is -2.51. The third-order valence-electron chi connectivity index (χ3n) is 4.44. The normalized spacial score (nSPS) is 14.1. The Balaban J connectivity index is 1.44. The van der Waals surface area contributed by atoms with Crippen molar-refractivity contribution in [2.75, 3.05) is 32.7 Å². The Hall–Kier alpha value is -2.09. The molecule has 9 heteroatoms. The summed E-state index contributed by atoms with van der Waals surface area (Å²) in [5.41, 5.74) is 1.04. The van der Waals surface area contributed by atoms with E-state index in [-0.39, 0.29) is 30.7 Å². The molecule has 1 aromatic heterocycles. The average Bonchev–Trinajstić information content (AvgIpc) is 3.21. The van der Waals surface area contributed by atoms with Crippen LogP contribution in [0.1, 0.15) is 27.1 Å². The van der Waals surface area contributed by atoms with Crippen molar-refractivity contribution in [3.05, 3.63) is 56.2 Å². The zero-order valence-electron chi connectivity index (χ0n) is 15.0. The van der Waals surface area contributed by atoms with Gasteiger partial charge in [-0.3, -0.25) is 14.4 Å². The van der Waals surface area contributed by atoms with Crippen LogP contribution in [0.25, 0.3) is 0 Å². The molecule has 0 aliphatic carbocycles. The van der Waals surface area contributed by atoms with Gasteiger partial charge in [0.25, 0.3) is 11.8 Å². The molecule has 0 saturated carbocycles. The smallest absolute Gasteiger partial charge is 0.254 e. The highest BCUT2D eigenvalue weighted by atomic mass is 35.5. The van der Waals surface area contributed by atoms with Gasteiger partial charge in [-0.25, -0.2) is 0 Å². The Bertz CT molecular complexity index is 845. The van der Waals surface area contributed by atoms with E-state index in [1.54, 1.807) is 39.4 Å². The van der Waals surface area contributed by atoms with Crippen LogP contribution in [0.5, 0.6) is 0 Å². The summed E-state index contributed by atoms with van der Waals surface area (Å²) in [4.78, 5) is 40.2. The highest BCUT2D eigenvalue weighted by molar-refractivity contribution is 7.08. The highest BCUT2D eigenvalue weighted by Crippen LogP contribution is 2.20. The van der Waals surface area contributed by atoms with Crippen molar-refractivity contribution >= 4 is 52.3 Å². The van der Waals surface area contributed by atoms with Crippen LogP contribution in [-0.2, 0) is 4.79 Å². The second kappa shape index (κ2) is 9.41. The van der Waals surface area contributed by atoms with Gasteiger partial charge in [0.2, 0.25) is 5.91 Å². The van der Waals surface area contributed by atoms with Gasteiger partial charge in [-0.2, -0.15) is 11.3 Å². The number of benzene rings is 1. The number of nitrogens with one attached hydrogen (secondary N) is 1. The number of piperazine rings is 1. The molecular formula is C19H19Cl2N3O3S. The Morgan fingerprint density at radius 1 is 0.964 bits per heavy atom. The molecule has 3 amide bonds. The van der Waals surface area contributed by atoms with Crippen molar-refractivity contribution in [1.82, 2.24) is 15.1 Å². The zero-order chi connectivity index (χ0) is 20.1. The second-order valence-electron chi connectivity index (χ2n) is 6.35. The van der Waals surface area contributed by atoms with E-state index in [1.165, 1.54) is 11.3 Å². The molecule has 0 spiro atoms. The van der Waals surface area contributed by atoms with E-state index in [2.05, 4.69) is 5.32 Å². The standard InChI is InChI=1S/C19H19Cl2N3O3S/c20-15-9-14(10-16(21)11-15)19(27)24-6-4-23(5-7-24)17(25)1-3-22-18(26)13-2-8-28-12-13/h2,8-12H,1,3-7H2,(H,22,26). The number of hydrogen-bond donors (Lipinski definition) is 1. The topological polar surface area (TPSA) is 69.7 Å². The third kappa shape index (κ3) is 5.25. The van der Waals surface area contributed by atoms with Crippen molar-refractivity contribution in [2.24, 2.45) is 0 Å². The van der Waals surface area contributed by atoms with Gasteiger partial charge in [-0.15, -0.1) is 0 Å². The van der Waals surface area contributed by atoms with Crippen LogP contribution >= 0.6 is 34.5 Å². The van der Waals surface area contributed by atoms with E-state index in [0.717, 1.165) is 0 Å². The Labute approximate surface area is 177 Å². The number of carbonyl (C=O) groups is 3. The molecule has 1 aliphatic heterocycles. The van der Waals surface area contributed by atoms with Gasteiger partial charge in [-0.1, -0.05) is 23.2 Å². The number of hydrogen-bond acceptors (Lipinski definition) is 4. The number of thiophene rings is 1. The molecule has 0 unspecified atom stereocenters. The lowest BCUT2D eigenvalue weighted by molar-refractivity contribution is -0.132. The summed E-state index contributed by atoms with van der Waals surface area (Å²) in [5, 5.41) is 7.16. The van der Waals surface area contributed by atoms with Crippen molar-refractivity contribution in [1.29, 1.82) is 0 Å². The van der Waals surface area contributed by atoms with E-state index in [9.17, 15) is 14.4 Å². The lowest BCUT2D eigenvalue weighted by Gasteiger charge is -2.35. The molecule has 28 heavy (non-hydrogen) atoms. The predicted octanol–water partition coefficient (Wildman–Crippen LogP) is 3.16. The summed E-state index contributed by atoms with van der Waals surface area (Å²) in [6.45, 7) is 2.08. The molecular weight excluding hydrogens is 421 g/mol. The fourth-order valence-corrected chi connectivity index (χ4v) is 4.12. The predicted molar refractivity (Wildman–Crippen MR) is 110 cm³/mol. The van der Waals surface area contributed by atoms with E-state index in [4.69, 9.17) is 23.2 Å². The average molecular weight is 440 g/mol. The number of halogens is 2. The molecule has 1 saturated heterocycles. The fraction of sp³-hybridized carbons (Fsp3) is 0.316. The van der Waals surface area contributed by atoms with E-state index < -0.39 is 0 Å². The molecule has 6 nitrogen and oxygen atoms in total. The van der Waals surface area contributed by atoms with Crippen molar-refractivity contribution in [3.63, 3.8) is 0 Å². The maximum absolute atomic E-state index is 12.6. The summed E-state index contributed by atoms with van der Waals surface area (Å²) in [7, 11) is 0. The van der Waals surface area contributed by atoms with Crippen molar-refractivity contribution in [2.45, 2.75) is 6.42 Å². The third-order valence-corrected chi connectivity index (χ3v) is 5.56. The maximum Gasteiger partial charge on any atom is 0.254 e. The monoisotopic (exact) mass is 439 g/mol. The molecule has 2 aromatic rings. The van der Waals surface area contributed by atoms with Crippen LogP contribution in [0, 0.1) is 0 Å². The summed E-state index contributed by atoms with van der Waals surface area (Å²) < 4.78 is 0. The highest BCUT2D eigenvalue weighted by Gasteiger charge is 2.25. The summed E-state index contributed by atoms with van der Waals surface area (Å²) >= 11 is 13.4. The van der Waals surface area contributed by atoms with Crippen LogP contribution in [0.4, 0.5) is 0 Å². The van der Waals surface area contributed by atoms with E-state index >= 15 is 0 Å². The van der Waals surface area contributed by atoms with Gasteiger partial charge in [-0.05, 0) is 29.6 Å². The SMILES string of the molecule is O=C(NCCC(=O)N1CCN(C(=O)c2cc(Cl)cc(Cl)c2)CC1)c1ccsc1. The minimum absolute atomic E-state index is 0.0384.